The van der Waals surface area contributed by atoms with E-state index < -0.39 is 36.1 Å². The number of rotatable bonds is 6. The molecular weight excluding hydrogens is 411 g/mol. The number of halogens is 3. The van der Waals surface area contributed by atoms with E-state index in [-0.39, 0.29) is 16.7 Å². The summed E-state index contributed by atoms with van der Waals surface area (Å²) in [6, 6.07) is 3.02. The van der Waals surface area contributed by atoms with Crippen molar-refractivity contribution in [3.05, 3.63) is 39.8 Å². The Labute approximate surface area is 166 Å². The molecule has 0 aromatic carbocycles. The number of hydrogen-bond donors (Lipinski definition) is 2. The summed E-state index contributed by atoms with van der Waals surface area (Å²) in [6.45, 7) is 0.134. The van der Waals surface area contributed by atoms with Crippen molar-refractivity contribution in [2.75, 3.05) is 11.9 Å². The van der Waals surface area contributed by atoms with Gasteiger partial charge in [-0.05, 0) is 23.9 Å². The second-order valence-corrected chi connectivity index (χ2v) is 6.90. The Morgan fingerprint density at radius 3 is 2.66 bits per heavy atom. The first-order chi connectivity index (χ1) is 13.6. The molecule has 0 fully saturated rings. The number of aryl methyl sites for hydroxylation is 2. The molecule has 0 bridgehead atoms. The van der Waals surface area contributed by atoms with Crippen molar-refractivity contribution in [2.24, 2.45) is 7.05 Å². The number of nitrogens with zero attached hydrogens (tertiary/aromatic N) is 2. The number of carbonyl (C=O) groups is 2. The third-order valence-corrected chi connectivity index (χ3v) is 4.83. The molecule has 29 heavy (non-hydrogen) atoms. The highest BCUT2D eigenvalue weighted by Gasteiger charge is 2.32. The number of pyridine rings is 1. The molecule has 0 aliphatic carbocycles. The normalized spacial score (nSPS) is 11.6. The second kappa shape index (κ2) is 7.74. The Morgan fingerprint density at radius 2 is 2.10 bits per heavy atom. The number of ether oxygens (including phenoxy) is 1. The van der Waals surface area contributed by atoms with Crippen LogP contribution in [0.25, 0.3) is 11.0 Å². The first-order valence-corrected chi connectivity index (χ1v) is 9.35. The molecule has 3 rings (SSSR count). The van der Waals surface area contributed by atoms with Gasteiger partial charge in [-0.1, -0.05) is 6.92 Å². The molecular formula is C18H16F3N3O4S. The summed E-state index contributed by atoms with van der Waals surface area (Å²) in [4.78, 5) is 28.4. The summed E-state index contributed by atoms with van der Waals surface area (Å²) in [5, 5.41) is 15.6. The van der Waals surface area contributed by atoms with Crippen LogP contribution in [0.15, 0.2) is 22.9 Å². The highest BCUT2D eigenvalue weighted by Crippen LogP contribution is 2.36. The van der Waals surface area contributed by atoms with Gasteiger partial charge in [-0.3, -0.25) is 4.79 Å². The molecule has 154 valence electrons. The molecule has 2 N–H and O–H groups in total. The minimum absolute atomic E-state index is 0.0620. The maximum absolute atomic E-state index is 12.7. The van der Waals surface area contributed by atoms with Crippen LogP contribution in [0, 0.1) is 0 Å². The van der Waals surface area contributed by atoms with Crippen molar-refractivity contribution >= 4 is 39.9 Å². The van der Waals surface area contributed by atoms with Crippen LogP contribution in [-0.2, 0) is 13.5 Å². The topological polar surface area (TPSA) is 93.4 Å². The predicted octanol–water partition coefficient (Wildman–Crippen LogP) is 4.09. The van der Waals surface area contributed by atoms with Crippen LogP contribution in [0.5, 0.6) is 5.75 Å². The zero-order chi connectivity index (χ0) is 21.3. The summed E-state index contributed by atoms with van der Waals surface area (Å²) in [7, 11) is 1.38. The number of hydrogen-bond acceptors (Lipinski definition) is 5. The van der Waals surface area contributed by atoms with E-state index in [4.69, 9.17) is 4.74 Å². The summed E-state index contributed by atoms with van der Waals surface area (Å²) >= 11 is 1.34. The lowest BCUT2D eigenvalue weighted by Gasteiger charge is -2.11. The Kier molecular flexibility index (Phi) is 5.51. The van der Waals surface area contributed by atoms with Gasteiger partial charge in [-0.15, -0.1) is 0 Å². The number of thiophene rings is 1. The molecule has 11 heteroatoms. The number of carbonyl (C=O) groups excluding carboxylic acids is 1. The summed E-state index contributed by atoms with van der Waals surface area (Å²) in [5.41, 5.74) is 0.839. The van der Waals surface area contributed by atoms with E-state index in [0.29, 0.717) is 17.7 Å². The monoisotopic (exact) mass is 427 g/mol. The van der Waals surface area contributed by atoms with Gasteiger partial charge in [0.05, 0.1) is 22.3 Å². The molecule has 0 aliphatic heterocycles. The number of fused-ring (bicyclic) bond motifs is 1. The SMILES string of the molecule is CCc1nc2c(cc1NC(=O)c1ccsc1)c(OCC(F)(F)F)c(C(=O)O)n2C. The average molecular weight is 427 g/mol. The maximum atomic E-state index is 12.7. The van der Waals surface area contributed by atoms with Crippen LogP contribution in [0.2, 0.25) is 0 Å². The van der Waals surface area contributed by atoms with Crippen molar-refractivity contribution in [2.45, 2.75) is 19.5 Å². The van der Waals surface area contributed by atoms with Gasteiger partial charge in [0.25, 0.3) is 5.91 Å². The van der Waals surface area contributed by atoms with Crippen LogP contribution in [0.3, 0.4) is 0 Å². The number of aromatic carboxylic acids is 1. The molecule has 0 saturated heterocycles. The van der Waals surface area contributed by atoms with Gasteiger partial charge in [0.2, 0.25) is 0 Å². The fraction of sp³-hybridized carbons (Fsp3) is 0.278. The van der Waals surface area contributed by atoms with E-state index in [9.17, 15) is 27.9 Å². The lowest BCUT2D eigenvalue weighted by molar-refractivity contribution is -0.153. The minimum atomic E-state index is -4.65. The number of anilines is 1. The molecule has 7 nitrogen and oxygen atoms in total. The highest BCUT2D eigenvalue weighted by atomic mass is 32.1. The maximum Gasteiger partial charge on any atom is 0.422 e. The Bertz CT molecular complexity index is 1070. The summed E-state index contributed by atoms with van der Waals surface area (Å²) in [6.07, 6.45) is -4.24. The smallest absolute Gasteiger partial charge is 0.422 e. The summed E-state index contributed by atoms with van der Waals surface area (Å²) < 4.78 is 44.0. The molecule has 0 aliphatic rings. The van der Waals surface area contributed by atoms with Gasteiger partial charge in [-0.2, -0.15) is 24.5 Å². The number of amides is 1. The van der Waals surface area contributed by atoms with Gasteiger partial charge in [0.15, 0.2) is 18.1 Å². The predicted molar refractivity (Wildman–Crippen MR) is 101 cm³/mol. The molecule has 1 amide bonds. The number of carboxylic acid groups (broad SMARTS) is 1. The van der Waals surface area contributed by atoms with Crippen LogP contribution < -0.4 is 10.1 Å². The van der Waals surface area contributed by atoms with Crippen molar-refractivity contribution in [1.29, 1.82) is 0 Å². The number of carboxylic acids is 1. The van der Waals surface area contributed by atoms with Gasteiger partial charge in [0.1, 0.15) is 5.65 Å². The lowest BCUT2D eigenvalue weighted by atomic mass is 10.2. The van der Waals surface area contributed by atoms with Crippen LogP contribution in [0.1, 0.15) is 33.5 Å². The third kappa shape index (κ3) is 4.19. The van der Waals surface area contributed by atoms with E-state index in [2.05, 4.69) is 10.3 Å². The number of aromatic nitrogens is 2. The van der Waals surface area contributed by atoms with Crippen molar-refractivity contribution in [3.8, 4) is 5.75 Å². The molecule has 3 heterocycles. The number of nitrogens with one attached hydrogen (secondary N) is 1. The molecule has 0 radical (unpaired) electrons. The molecule has 0 spiro atoms. The zero-order valence-corrected chi connectivity index (χ0v) is 16.1. The highest BCUT2D eigenvalue weighted by molar-refractivity contribution is 7.08. The first-order valence-electron chi connectivity index (χ1n) is 8.41. The van der Waals surface area contributed by atoms with Crippen LogP contribution in [-0.4, -0.2) is 39.3 Å². The standard InChI is InChI=1S/C18H16F3N3O4S/c1-3-11-12(23-16(25)9-4-5-29-7-9)6-10-14(28-8-18(19,20)21)13(17(26)27)24(2)15(10)22-11/h4-7H,3,8H2,1-2H3,(H,23,25)(H,26,27). The Hall–Kier alpha value is -3.08. The van der Waals surface area contributed by atoms with Gasteiger partial charge < -0.3 is 19.7 Å². The molecule has 3 aromatic heterocycles. The molecule has 0 unspecified atom stereocenters. The largest absolute Gasteiger partial charge is 0.481 e. The first kappa shape index (κ1) is 20.6. The number of alkyl halides is 3. The summed E-state index contributed by atoms with van der Waals surface area (Å²) in [5.74, 6) is -2.31. The van der Waals surface area contributed by atoms with E-state index >= 15 is 0 Å². The molecule has 0 atom stereocenters. The Balaban J connectivity index is 2.13. The van der Waals surface area contributed by atoms with Crippen molar-refractivity contribution in [3.63, 3.8) is 0 Å². The van der Waals surface area contributed by atoms with Crippen LogP contribution >= 0.6 is 11.3 Å². The fourth-order valence-corrected chi connectivity index (χ4v) is 3.49. The van der Waals surface area contributed by atoms with Gasteiger partial charge in [-0.25, -0.2) is 9.78 Å². The van der Waals surface area contributed by atoms with Gasteiger partial charge in [0, 0.05) is 12.4 Å². The second-order valence-electron chi connectivity index (χ2n) is 6.12. The molecule has 3 aromatic rings. The van der Waals surface area contributed by atoms with Crippen LogP contribution in [0.4, 0.5) is 18.9 Å². The van der Waals surface area contributed by atoms with E-state index in [1.165, 1.54) is 24.5 Å². The quantitative estimate of drug-likeness (QED) is 0.618. The van der Waals surface area contributed by atoms with E-state index in [1.807, 2.05) is 0 Å². The lowest BCUT2D eigenvalue weighted by Crippen LogP contribution is -2.20. The van der Waals surface area contributed by atoms with Crippen molar-refractivity contribution in [1.82, 2.24) is 9.55 Å². The Morgan fingerprint density at radius 1 is 1.38 bits per heavy atom. The van der Waals surface area contributed by atoms with Gasteiger partial charge >= 0.3 is 12.1 Å². The van der Waals surface area contributed by atoms with E-state index in [1.54, 1.807) is 23.8 Å². The average Bonchev–Trinajstić information content (AvgIpc) is 3.26. The zero-order valence-electron chi connectivity index (χ0n) is 15.3. The fourth-order valence-electron chi connectivity index (χ4n) is 2.86. The molecule has 0 saturated carbocycles. The van der Waals surface area contributed by atoms with E-state index in [0.717, 1.165) is 4.57 Å². The minimum Gasteiger partial charge on any atom is -0.481 e. The third-order valence-electron chi connectivity index (χ3n) is 4.14. The van der Waals surface area contributed by atoms with Crippen molar-refractivity contribution < 1.29 is 32.6 Å².